The average molecular weight is 316 g/mol. The van der Waals surface area contributed by atoms with Crippen LogP contribution in [0.15, 0.2) is 0 Å². The monoisotopic (exact) mass is 316 g/mol. The summed E-state index contributed by atoms with van der Waals surface area (Å²) in [6, 6.07) is 0. The molecule has 1 aliphatic carbocycles. The number of methoxy groups -OCH3 is 1. The van der Waals surface area contributed by atoms with Crippen LogP contribution in [0, 0.1) is 5.92 Å². The lowest BCUT2D eigenvalue weighted by Gasteiger charge is -2.48. The van der Waals surface area contributed by atoms with Crippen LogP contribution >= 0.6 is 0 Å². The summed E-state index contributed by atoms with van der Waals surface area (Å²) in [6.45, 7) is 6.32. The highest BCUT2D eigenvalue weighted by Crippen LogP contribution is 2.40. The molecule has 22 heavy (non-hydrogen) atoms. The first-order valence-electron chi connectivity index (χ1n) is 7.82. The number of ether oxygens (including phenoxy) is 3. The van der Waals surface area contributed by atoms with Crippen molar-refractivity contribution in [3.63, 3.8) is 0 Å². The molecule has 128 valence electrons. The SMILES string of the molecule is CCCC[C@@H]1[C@H](OC)[C@@H](OC(C)=O)[C@@](C)(O)C[C@@H]1OC(C)=O. The highest BCUT2D eigenvalue weighted by atomic mass is 16.6. The maximum absolute atomic E-state index is 11.4. The van der Waals surface area contributed by atoms with Crippen LogP contribution in [-0.4, -0.2) is 48.1 Å². The Morgan fingerprint density at radius 1 is 1.23 bits per heavy atom. The molecular formula is C16H28O6. The van der Waals surface area contributed by atoms with Crippen molar-refractivity contribution in [2.45, 2.75) is 77.3 Å². The van der Waals surface area contributed by atoms with Crippen LogP contribution in [0.5, 0.6) is 0 Å². The van der Waals surface area contributed by atoms with Gasteiger partial charge < -0.3 is 19.3 Å². The molecule has 0 unspecified atom stereocenters. The van der Waals surface area contributed by atoms with Gasteiger partial charge in [0.2, 0.25) is 0 Å². The number of aliphatic hydroxyl groups is 1. The van der Waals surface area contributed by atoms with E-state index in [1.807, 2.05) is 0 Å². The van der Waals surface area contributed by atoms with Gasteiger partial charge in [0, 0.05) is 33.3 Å². The molecule has 6 nitrogen and oxygen atoms in total. The Hall–Kier alpha value is -1.14. The maximum Gasteiger partial charge on any atom is 0.303 e. The average Bonchev–Trinajstić information content (AvgIpc) is 2.38. The highest BCUT2D eigenvalue weighted by Gasteiger charge is 2.53. The Morgan fingerprint density at radius 3 is 2.27 bits per heavy atom. The van der Waals surface area contributed by atoms with Gasteiger partial charge in [0.1, 0.15) is 17.8 Å². The van der Waals surface area contributed by atoms with E-state index in [9.17, 15) is 14.7 Å². The first-order valence-corrected chi connectivity index (χ1v) is 7.82. The van der Waals surface area contributed by atoms with Crippen molar-refractivity contribution < 1.29 is 28.9 Å². The highest BCUT2D eigenvalue weighted by molar-refractivity contribution is 5.67. The van der Waals surface area contributed by atoms with E-state index in [1.165, 1.54) is 21.0 Å². The van der Waals surface area contributed by atoms with Crippen LogP contribution in [0.25, 0.3) is 0 Å². The molecule has 0 aromatic carbocycles. The minimum atomic E-state index is -1.31. The second kappa shape index (κ2) is 7.92. The molecule has 1 fully saturated rings. The lowest BCUT2D eigenvalue weighted by Crippen LogP contribution is -2.61. The zero-order valence-electron chi connectivity index (χ0n) is 14.1. The molecule has 0 spiro atoms. The van der Waals surface area contributed by atoms with Gasteiger partial charge in [-0.15, -0.1) is 0 Å². The predicted octanol–water partition coefficient (Wildman–Crippen LogP) is 1.83. The molecule has 0 bridgehead atoms. The van der Waals surface area contributed by atoms with Crippen LogP contribution in [0.1, 0.15) is 53.4 Å². The lowest BCUT2D eigenvalue weighted by molar-refractivity contribution is -0.225. The number of rotatable bonds is 6. The largest absolute Gasteiger partial charge is 0.462 e. The first-order chi connectivity index (χ1) is 10.2. The quantitative estimate of drug-likeness (QED) is 0.753. The van der Waals surface area contributed by atoms with E-state index in [-0.39, 0.29) is 18.3 Å². The maximum atomic E-state index is 11.4. The molecule has 1 N–H and O–H groups in total. The third-order valence-electron chi connectivity index (χ3n) is 4.20. The smallest absolute Gasteiger partial charge is 0.303 e. The van der Waals surface area contributed by atoms with Crippen LogP contribution in [0.2, 0.25) is 0 Å². The molecule has 0 heterocycles. The lowest BCUT2D eigenvalue weighted by atomic mass is 9.71. The number of unbranched alkanes of at least 4 members (excludes halogenated alkanes) is 1. The van der Waals surface area contributed by atoms with Gasteiger partial charge in [-0.1, -0.05) is 19.8 Å². The Morgan fingerprint density at radius 2 is 1.82 bits per heavy atom. The summed E-state index contributed by atoms with van der Waals surface area (Å²) in [5.74, 6) is -0.964. The van der Waals surface area contributed by atoms with Crippen LogP contribution in [0.4, 0.5) is 0 Å². The molecule has 0 amide bonds. The summed E-state index contributed by atoms with van der Waals surface area (Å²) in [6.07, 6.45) is 1.20. The van der Waals surface area contributed by atoms with E-state index in [1.54, 1.807) is 6.92 Å². The molecule has 6 heteroatoms. The standard InChI is InChI=1S/C16H28O6/c1-6-7-8-12-13(21-10(2)17)9-16(4,19)15(14(12)20-5)22-11(3)18/h12-15,19H,6-9H2,1-5H3/t12-,13-,14-,15+,16-/m0/s1. The molecular weight excluding hydrogens is 288 g/mol. The van der Waals surface area contributed by atoms with Crippen molar-refractivity contribution in [2.75, 3.05) is 7.11 Å². The van der Waals surface area contributed by atoms with E-state index in [2.05, 4.69) is 6.92 Å². The van der Waals surface area contributed by atoms with E-state index >= 15 is 0 Å². The summed E-state index contributed by atoms with van der Waals surface area (Å²) in [5, 5.41) is 10.7. The van der Waals surface area contributed by atoms with E-state index in [4.69, 9.17) is 14.2 Å². The Labute approximate surface area is 132 Å². The number of carbonyl (C=O) groups excluding carboxylic acids is 2. The first kappa shape index (κ1) is 18.9. The second-order valence-electron chi connectivity index (χ2n) is 6.25. The van der Waals surface area contributed by atoms with Gasteiger partial charge in [0.25, 0.3) is 0 Å². The Kier molecular flexibility index (Phi) is 6.81. The minimum Gasteiger partial charge on any atom is -0.462 e. The van der Waals surface area contributed by atoms with Gasteiger partial charge in [-0.3, -0.25) is 9.59 Å². The van der Waals surface area contributed by atoms with Gasteiger partial charge in [0.15, 0.2) is 6.10 Å². The van der Waals surface area contributed by atoms with Crippen molar-refractivity contribution in [3.8, 4) is 0 Å². The van der Waals surface area contributed by atoms with Crippen molar-refractivity contribution in [3.05, 3.63) is 0 Å². The summed E-state index contributed by atoms with van der Waals surface area (Å²) in [4.78, 5) is 22.7. The van der Waals surface area contributed by atoms with Gasteiger partial charge in [0.05, 0.1) is 0 Å². The predicted molar refractivity (Wildman–Crippen MR) is 80.2 cm³/mol. The fraction of sp³-hybridized carbons (Fsp3) is 0.875. The molecule has 0 aromatic heterocycles. The third kappa shape index (κ3) is 4.68. The fourth-order valence-electron chi connectivity index (χ4n) is 3.27. The fourth-order valence-corrected chi connectivity index (χ4v) is 3.27. The number of carbonyl (C=O) groups is 2. The van der Waals surface area contributed by atoms with Gasteiger partial charge in [-0.2, -0.15) is 0 Å². The van der Waals surface area contributed by atoms with Crippen LogP contribution < -0.4 is 0 Å². The normalized spacial score (nSPS) is 35.0. The molecule has 1 rings (SSSR count). The molecule has 1 aliphatic rings. The van der Waals surface area contributed by atoms with Crippen molar-refractivity contribution in [1.82, 2.24) is 0 Å². The van der Waals surface area contributed by atoms with Gasteiger partial charge in [-0.25, -0.2) is 0 Å². The number of hydrogen-bond acceptors (Lipinski definition) is 6. The summed E-state index contributed by atoms with van der Waals surface area (Å²) in [5.41, 5.74) is -1.31. The van der Waals surface area contributed by atoms with Gasteiger partial charge in [-0.05, 0) is 13.3 Å². The molecule has 0 saturated heterocycles. The van der Waals surface area contributed by atoms with E-state index in [0.717, 1.165) is 19.3 Å². The van der Waals surface area contributed by atoms with Crippen molar-refractivity contribution in [1.29, 1.82) is 0 Å². The number of esters is 2. The summed E-state index contributed by atoms with van der Waals surface area (Å²) >= 11 is 0. The molecule has 0 aliphatic heterocycles. The van der Waals surface area contributed by atoms with Crippen LogP contribution in [-0.2, 0) is 23.8 Å². The van der Waals surface area contributed by atoms with Crippen LogP contribution in [0.3, 0.4) is 0 Å². The zero-order chi connectivity index (χ0) is 16.9. The Balaban J connectivity index is 3.07. The third-order valence-corrected chi connectivity index (χ3v) is 4.20. The van der Waals surface area contributed by atoms with E-state index < -0.39 is 29.9 Å². The minimum absolute atomic E-state index is 0.113. The topological polar surface area (TPSA) is 82.1 Å². The molecule has 5 atom stereocenters. The second-order valence-corrected chi connectivity index (χ2v) is 6.25. The zero-order valence-corrected chi connectivity index (χ0v) is 14.1. The number of hydrogen-bond donors (Lipinski definition) is 1. The van der Waals surface area contributed by atoms with Crippen molar-refractivity contribution in [2.24, 2.45) is 5.92 Å². The molecule has 1 saturated carbocycles. The summed E-state index contributed by atoms with van der Waals surface area (Å²) < 4.78 is 16.3. The molecule has 0 radical (unpaired) electrons. The van der Waals surface area contributed by atoms with Crippen molar-refractivity contribution >= 4 is 11.9 Å². The van der Waals surface area contributed by atoms with E-state index in [0.29, 0.717) is 0 Å². The summed E-state index contributed by atoms with van der Waals surface area (Å²) in [7, 11) is 1.52. The Bertz CT molecular complexity index is 392. The van der Waals surface area contributed by atoms with Gasteiger partial charge >= 0.3 is 11.9 Å². The molecule has 0 aromatic rings.